The maximum Gasteiger partial charge on any atom is 0.336 e. The lowest BCUT2D eigenvalue weighted by molar-refractivity contribution is 0.0697. The van der Waals surface area contributed by atoms with E-state index >= 15 is 0 Å². The molecule has 0 saturated heterocycles. The molecule has 0 saturated carbocycles. The first kappa shape index (κ1) is 22.1. The molecule has 0 unspecified atom stereocenters. The van der Waals surface area contributed by atoms with Crippen LogP contribution in [0.3, 0.4) is 0 Å². The smallest absolute Gasteiger partial charge is 0.336 e. The van der Waals surface area contributed by atoms with Crippen LogP contribution in [0.1, 0.15) is 10.4 Å². The van der Waals surface area contributed by atoms with Gasteiger partial charge in [0, 0.05) is 42.7 Å². The minimum Gasteiger partial charge on any atom is -0.497 e. The van der Waals surface area contributed by atoms with Crippen LogP contribution >= 0.6 is 0 Å². The van der Waals surface area contributed by atoms with Gasteiger partial charge in [0.15, 0.2) is 0 Å². The van der Waals surface area contributed by atoms with Gasteiger partial charge in [0.2, 0.25) is 5.36 Å². The number of benzene rings is 3. The van der Waals surface area contributed by atoms with Crippen LogP contribution < -0.4 is 14.7 Å². The van der Waals surface area contributed by atoms with Crippen molar-refractivity contribution in [3.05, 3.63) is 65.5 Å². The summed E-state index contributed by atoms with van der Waals surface area (Å²) in [6, 6.07) is 16.7. The van der Waals surface area contributed by atoms with Crippen molar-refractivity contribution in [1.29, 1.82) is 0 Å². The quantitative estimate of drug-likeness (QED) is 0.216. The highest BCUT2D eigenvalue weighted by molar-refractivity contribution is 6.08. The zero-order valence-corrected chi connectivity index (χ0v) is 19.3. The number of ether oxygens (including phenoxy) is 1. The van der Waals surface area contributed by atoms with Gasteiger partial charge < -0.3 is 19.2 Å². The Hall–Kier alpha value is -4.13. The van der Waals surface area contributed by atoms with Gasteiger partial charge in [-0.15, -0.1) is 0 Å². The molecule has 0 atom stereocenters. The zero-order valence-electron chi connectivity index (χ0n) is 19.3. The molecular weight excluding hydrogens is 418 g/mol. The third-order valence-electron chi connectivity index (χ3n) is 5.37. The number of aliphatic imine (C=N–C) groups is 1. The standard InChI is InChI=1S/C26H25N3O4/c1-28(2)15-27-16-6-9-19(22(12-16)26(30)31)25-20-10-7-17(29(3)4)13-23(20)33-24-14-18(32-5)8-11-21(24)25/h6-15H,1-5H3/p+1. The molecule has 7 heteroatoms. The predicted molar refractivity (Wildman–Crippen MR) is 131 cm³/mol. The van der Waals surface area contributed by atoms with E-state index in [4.69, 9.17) is 9.15 Å². The maximum absolute atomic E-state index is 12.3. The lowest BCUT2D eigenvalue weighted by Gasteiger charge is -2.17. The van der Waals surface area contributed by atoms with Crippen LogP contribution in [-0.4, -0.2) is 57.6 Å². The van der Waals surface area contributed by atoms with Gasteiger partial charge in [-0.1, -0.05) is 6.07 Å². The molecule has 1 N–H and O–H groups in total. The molecule has 0 spiro atoms. The van der Waals surface area contributed by atoms with Crippen LogP contribution in [0.15, 0.2) is 64.0 Å². The third-order valence-corrected chi connectivity index (χ3v) is 5.37. The second-order valence-electron chi connectivity index (χ2n) is 8.16. The van der Waals surface area contributed by atoms with Crippen LogP contribution in [-0.2, 0) is 0 Å². The molecule has 0 radical (unpaired) electrons. The molecule has 33 heavy (non-hydrogen) atoms. The van der Waals surface area contributed by atoms with Crippen molar-refractivity contribution in [3.63, 3.8) is 0 Å². The van der Waals surface area contributed by atoms with Crippen molar-refractivity contribution < 1.29 is 19.1 Å². The van der Waals surface area contributed by atoms with Crippen molar-refractivity contribution in [1.82, 2.24) is 9.48 Å². The number of carbonyl (C=O) groups is 1. The van der Waals surface area contributed by atoms with E-state index in [1.54, 1.807) is 24.4 Å². The highest BCUT2D eigenvalue weighted by Crippen LogP contribution is 2.42. The first-order valence-corrected chi connectivity index (χ1v) is 10.4. The second kappa shape index (κ2) is 8.78. The molecule has 0 fully saturated rings. The van der Waals surface area contributed by atoms with Gasteiger partial charge >= 0.3 is 5.97 Å². The van der Waals surface area contributed by atoms with Crippen molar-refractivity contribution in [2.75, 3.05) is 35.3 Å². The third kappa shape index (κ3) is 4.30. The van der Waals surface area contributed by atoms with Crippen molar-refractivity contribution >= 4 is 29.0 Å². The van der Waals surface area contributed by atoms with Crippen LogP contribution in [0.2, 0.25) is 0 Å². The average molecular weight is 445 g/mol. The summed E-state index contributed by atoms with van der Waals surface area (Å²) in [5.74, 6) is 0.294. The Balaban J connectivity index is 2.09. The molecule has 1 aliphatic carbocycles. The van der Waals surface area contributed by atoms with E-state index in [0.717, 1.165) is 21.9 Å². The summed E-state index contributed by atoms with van der Waals surface area (Å²) in [7, 11) is 9.24. The van der Waals surface area contributed by atoms with Gasteiger partial charge in [0.1, 0.15) is 31.2 Å². The van der Waals surface area contributed by atoms with Gasteiger partial charge in [0.25, 0.3) is 0 Å². The number of aromatic carboxylic acids is 1. The summed E-state index contributed by atoms with van der Waals surface area (Å²) in [5.41, 5.74) is 3.56. The molecule has 2 aliphatic rings. The van der Waals surface area contributed by atoms with Gasteiger partial charge in [-0.05, 0) is 35.9 Å². The van der Waals surface area contributed by atoms with Gasteiger partial charge in [0.05, 0.1) is 30.8 Å². The lowest BCUT2D eigenvalue weighted by atomic mass is 9.90. The Morgan fingerprint density at radius 1 is 1.06 bits per heavy atom. The summed E-state index contributed by atoms with van der Waals surface area (Å²) in [6.45, 7) is 0. The summed E-state index contributed by atoms with van der Waals surface area (Å²) in [4.78, 5) is 18.4. The predicted octanol–water partition coefficient (Wildman–Crippen LogP) is 4.16. The number of carboxylic acid groups (broad SMARTS) is 1. The largest absolute Gasteiger partial charge is 0.497 e. The minimum atomic E-state index is -1.02. The van der Waals surface area contributed by atoms with Gasteiger partial charge in [-0.25, -0.2) is 14.4 Å². The highest BCUT2D eigenvalue weighted by atomic mass is 16.5. The van der Waals surface area contributed by atoms with E-state index in [9.17, 15) is 9.90 Å². The van der Waals surface area contributed by atoms with Crippen molar-refractivity contribution in [2.24, 2.45) is 4.99 Å². The normalized spacial score (nSPS) is 11.3. The Bertz CT molecular complexity index is 1430. The van der Waals surface area contributed by atoms with E-state index < -0.39 is 5.97 Å². The summed E-state index contributed by atoms with van der Waals surface area (Å²) < 4.78 is 13.6. The van der Waals surface area contributed by atoms with Crippen LogP contribution in [0.25, 0.3) is 33.4 Å². The van der Waals surface area contributed by atoms with Gasteiger partial charge in [-0.2, -0.15) is 0 Å². The van der Waals surface area contributed by atoms with Crippen molar-refractivity contribution in [2.45, 2.75) is 0 Å². The van der Waals surface area contributed by atoms with E-state index in [-0.39, 0.29) is 5.56 Å². The molecule has 0 bridgehead atoms. The fraction of sp³-hybridized carbons (Fsp3) is 0.192. The lowest BCUT2D eigenvalue weighted by Crippen LogP contribution is -2.21. The average Bonchev–Trinajstić information content (AvgIpc) is 2.80. The van der Waals surface area contributed by atoms with Crippen LogP contribution in [0.5, 0.6) is 5.75 Å². The number of rotatable bonds is 5. The summed E-state index contributed by atoms with van der Waals surface area (Å²) >= 11 is 0. The van der Waals surface area contributed by atoms with E-state index in [0.29, 0.717) is 28.3 Å². The maximum atomic E-state index is 12.3. The molecule has 2 aromatic carbocycles. The molecule has 7 nitrogen and oxygen atoms in total. The number of hydrogen-bond donors (Lipinski definition) is 1. The Labute approximate surface area is 191 Å². The molecule has 2 aromatic rings. The SMILES string of the molecule is COc1ccc2c(-c3ccc(N=CN(C)C)cc3C(=O)O)c3ccc(=[N+](C)C)cc-3oc2c1. The Morgan fingerprint density at radius 3 is 2.48 bits per heavy atom. The first-order valence-electron chi connectivity index (χ1n) is 10.4. The van der Waals surface area contributed by atoms with E-state index in [2.05, 4.69) is 4.99 Å². The summed E-state index contributed by atoms with van der Waals surface area (Å²) in [6.07, 6.45) is 1.64. The van der Waals surface area contributed by atoms with Crippen molar-refractivity contribution in [3.8, 4) is 28.2 Å². The first-order chi connectivity index (χ1) is 15.8. The summed E-state index contributed by atoms with van der Waals surface area (Å²) in [5, 5.41) is 11.8. The van der Waals surface area contributed by atoms with Crippen LogP contribution in [0, 0.1) is 0 Å². The van der Waals surface area contributed by atoms with E-state index in [1.165, 1.54) is 0 Å². The molecule has 1 heterocycles. The van der Waals surface area contributed by atoms with E-state index in [1.807, 2.05) is 81.3 Å². The molecule has 0 aromatic heterocycles. The molecule has 0 amide bonds. The topological polar surface area (TPSA) is 78.3 Å². The van der Waals surface area contributed by atoms with Gasteiger partial charge in [-0.3, -0.25) is 0 Å². The number of methoxy groups -OCH3 is 1. The molecular formula is C26H26N3O4+. The zero-order chi connectivity index (χ0) is 23.7. The Morgan fingerprint density at radius 2 is 1.82 bits per heavy atom. The number of fused-ring (bicyclic) bond motifs is 2. The molecule has 1 aliphatic heterocycles. The highest BCUT2D eigenvalue weighted by Gasteiger charge is 2.22. The minimum absolute atomic E-state index is 0.171. The number of hydrogen-bond acceptors (Lipinski definition) is 4. The van der Waals surface area contributed by atoms with Crippen LogP contribution in [0.4, 0.5) is 5.69 Å². The number of carboxylic acids is 1. The fourth-order valence-corrected chi connectivity index (χ4v) is 3.74. The number of nitrogens with zero attached hydrogens (tertiary/aromatic N) is 3. The fourth-order valence-electron chi connectivity index (χ4n) is 3.74. The monoisotopic (exact) mass is 444 g/mol. The second-order valence-corrected chi connectivity index (χ2v) is 8.16. The Kier molecular flexibility index (Phi) is 5.87. The molecule has 168 valence electrons. The molecule has 4 rings (SSSR count).